The average molecular weight is 348 g/mol. The minimum Gasteiger partial charge on any atom is -0.271 e. The van der Waals surface area contributed by atoms with Gasteiger partial charge in [0, 0.05) is 9.61 Å². The maximum atomic E-state index is 13.1. The summed E-state index contributed by atoms with van der Waals surface area (Å²) in [4.78, 5) is 0. The molecule has 1 aliphatic carbocycles. The van der Waals surface area contributed by atoms with Crippen molar-refractivity contribution in [2.75, 3.05) is 0 Å². The molecular formula is C13H18FIN2. The Labute approximate surface area is 115 Å². The first kappa shape index (κ1) is 13.2. The first-order valence-corrected chi connectivity index (χ1v) is 7.19. The van der Waals surface area contributed by atoms with Crippen molar-refractivity contribution in [2.45, 2.75) is 38.1 Å². The Morgan fingerprint density at radius 2 is 2.12 bits per heavy atom. The van der Waals surface area contributed by atoms with E-state index in [1.54, 1.807) is 6.07 Å². The quantitative estimate of drug-likeness (QED) is 0.496. The second-order valence-electron chi connectivity index (χ2n) is 4.77. The number of halogens is 2. The van der Waals surface area contributed by atoms with Crippen molar-refractivity contribution in [3.8, 4) is 0 Å². The SMILES string of the molecule is NNC(CC1CCCC1)c1ccc(F)cc1I. The van der Waals surface area contributed by atoms with Crippen LogP contribution in [0.3, 0.4) is 0 Å². The molecule has 2 rings (SSSR count). The Balaban J connectivity index is 2.10. The fourth-order valence-electron chi connectivity index (χ4n) is 2.65. The van der Waals surface area contributed by atoms with Crippen LogP contribution in [-0.2, 0) is 0 Å². The third-order valence-electron chi connectivity index (χ3n) is 3.58. The summed E-state index contributed by atoms with van der Waals surface area (Å²) in [7, 11) is 0. The molecule has 17 heavy (non-hydrogen) atoms. The van der Waals surface area contributed by atoms with Gasteiger partial charge in [0.05, 0.1) is 0 Å². The zero-order chi connectivity index (χ0) is 12.3. The van der Waals surface area contributed by atoms with Gasteiger partial charge in [-0.25, -0.2) is 4.39 Å². The summed E-state index contributed by atoms with van der Waals surface area (Å²) < 4.78 is 14.0. The molecule has 0 radical (unpaired) electrons. The second-order valence-corrected chi connectivity index (χ2v) is 5.93. The number of benzene rings is 1. The zero-order valence-electron chi connectivity index (χ0n) is 9.76. The molecule has 0 aromatic heterocycles. The van der Waals surface area contributed by atoms with Gasteiger partial charge in [-0.2, -0.15) is 0 Å². The van der Waals surface area contributed by atoms with Crippen LogP contribution in [0.15, 0.2) is 18.2 Å². The Morgan fingerprint density at radius 1 is 1.41 bits per heavy atom. The van der Waals surface area contributed by atoms with Gasteiger partial charge in [-0.1, -0.05) is 31.7 Å². The van der Waals surface area contributed by atoms with E-state index in [4.69, 9.17) is 5.84 Å². The standard InChI is InChI=1S/C13H18FIN2/c14-10-5-6-11(12(15)8-10)13(17-16)7-9-3-1-2-4-9/h5-6,8-9,13,17H,1-4,7,16H2. The number of nitrogens with one attached hydrogen (secondary N) is 1. The van der Waals surface area contributed by atoms with Crippen LogP contribution in [0, 0.1) is 15.3 Å². The molecule has 1 fully saturated rings. The summed E-state index contributed by atoms with van der Waals surface area (Å²) >= 11 is 2.18. The van der Waals surface area contributed by atoms with Crippen LogP contribution in [0.25, 0.3) is 0 Å². The van der Waals surface area contributed by atoms with Gasteiger partial charge in [-0.3, -0.25) is 11.3 Å². The molecule has 1 unspecified atom stereocenters. The number of hydrogen-bond acceptors (Lipinski definition) is 2. The Bertz CT molecular complexity index is 378. The van der Waals surface area contributed by atoms with Crippen molar-refractivity contribution in [1.29, 1.82) is 0 Å². The third-order valence-corrected chi connectivity index (χ3v) is 4.52. The summed E-state index contributed by atoms with van der Waals surface area (Å²) in [6, 6.07) is 5.06. The van der Waals surface area contributed by atoms with Gasteiger partial charge in [0.25, 0.3) is 0 Å². The molecule has 1 atom stereocenters. The molecule has 2 nitrogen and oxygen atoms in total. The lowest BCUT2D eigenvalue weighted by Crippen LogP contribution is -2.30. The minimum atomic E-state index is -0.185. The maximum Gasteiger partial charge on any atom is 0.124 e. The predicted molar refractivity (Wildman–Crippen MR) is 75.8 cm³/mol. The molecule has 1 aromatic carbocycles. The lowest BCUT2D eigenvalue weighted by Gasteiger charge is -2.21. The minimum absolute atomic E-state index is 0.144. The van der Waals surface area contributed by atoms with E-state index in [0.717, 1.165) is 21.5 Å². The Hall–Kier alpha value is -0.200. The van der Waals surface area contributed by atoms with Crippen LogP contribution in [0.5, 0.6) is 0 Å². The Kier molecular flexibility index (Phi) is 4.76. The normalized spacial score (nSPS) is 18.5. The molecule has 1 aliphatic rings. The number of nitrogens with two attached hydrogens (primary N) is 1. The van der Waals surface area contributed by atoms with Crippen molar-refractivity contribution in [1.82, 2.24) is 5.43 Å². The molecule has 0 saturated heterocycles. The molecular weight excluding hydrogens is 330 g/mol. The molecule has 0 bridgehead atoms. The fraction of sp³-hybridized carbons (Fsp3) is 0.538. The summed E-state index contributed by atoms with van der Waals surface area (Å²) in [5.41, 5.74) is 3.99. The number of hydrogen-bond donors (Lipinski definition) is 2. The van der Waals surface area contributed by atoms with E-state index < -0.39 is 0 Å². The summed E-state index contributed by atoms with van der Waals surface area (Å²) in [6.45, 7) is 0. The number of hydrazine groups is 1. The van der Waals surface area contributed by atoms with E-state index in [1.165, 1.54) is 31.7 Å². The lowest BCUT2D eigenvalue weighted by atomic mass is 9.94. The van der Waals surface area contributed by atoms with Crippen molar-refractivity contribution in [3.05, 3.63) is 33.1 Å². The topological polar surface area (TPSA) is 38.0 Å². The van der Waals surface area contributed by atoms with Crippen molar-refractivity contribution in [3.63, 3.8) is 0 Å². The van der Waals surface area contributed by atoms with Crippen LogP contribution in [-0.4, -0.2) is 0 Å². The van der Waals surface area contributed by atoms with Crippen LogP contribution >= 0.6 is 22.6 Å². The van der Waals surface area contributed by atoms with Crippen molar-refractivity contribution >= 4 is 22.6 Å². The second kappa shape index (κ2) is 6.11. The average Bonchev–Trinajstić information content (AvgIpc) is 2.79. The lowest BCUT2D eigenvalue weighted by molar-refractivity contribution is 0.399. The monoisotopic (exact) mass is 348 g/mol. The van der Waals surface area contributed by atoms with Gasteiger partial charge >= 0.3 is 0 Å². The summed E-state index contributed by atoms with van der Waals surface area (Å²) in [5.74, 6) is 6.22. The van der Waals surface area contributed by atoms with E-state index in [9.17, 15) is 4.39 Å². The van der Waals surface area contributed by atoms with Gasteiger partial charge in [0.15, 0.2) is 0 Å². The molecule has 1 saturated carbocycles. The van der Waals surface area contributed by atoms with Crippen molar-refractivity contribution in [2.24, 2.45) is 11.8 Å². The predicted octanol–water partition coefficient (Wildman–Crippen LogP) is 3.52. The van der Waals surface area contributed by atoms with Crippen LogP contribution < -0.4 is 11.3 Å². The molecule has 94 valence electrons. The fourth-order valence-corrected chi connectivity index (χ4v) is 3.50. The highest BCUT2D eigenvalue weighted by Gasteiger charge is 2.21. The van der Waals surface area contributed by atoms with E-state index in [0.29, 0.717) is 0 Å². The highest BCUT2D eigenvalue weighted by Crippen LogP contribution is 2.34. The molecule has 0 spiro atoms. The largest absolute Gasteiger partial charge is 0.271 e. The smallest absolute Gasteiger partial charge is 0.124 e. The van der Waals surface area contributed by atoms with Crippen LogP contribution in [0.1, 0.15) is 43.7 Å². The summed E-state index contributed by atoms with van der Waals surface area (Å²) in [6.07, 6.45) is 6.33. The first-order valence-electron chi connectivity index (χ1n) is 6.12. The molecule has 0 aliphatic heterocycles. The molecule has 4 heteroatoms. The number of rotatable bonds is 4. The zero-order valence-corrected chi connectivity index (χ0v) is 11.9. The molecule has 3 N–H and O–H groups in total. The highest BCUT2D eigenvalue weighted by atomic mass is 127. The molecule has 0 amide bonds. The first-order chi connectivity index (χ1) is 8.20. The van der Waals surface area contributed by atoms with E-state index in [1.807, 2.05) is 6.07 Å². The van der Waals surface area contributed by atoms with Gasteiger partial charge in [-0.05, 0) is 52.6 Å². The van der Waals surface area contributed by atoms with Gasteiger partial charge in [0.1, 0.15) is 5.82 Å². The summed E-state index contributed by atoms with van der Waals surface area (Å²) in [5, 5.41) is 0. The Morgan fingerprint density at radius 3 is 2.71 bits per heavy atom. The van der Waals surface area contributed by atoms with Crippen LogP contribution in [0.2, 0.25) is 0 Å². The highest BCUT2D eigenvalue weighted by molar-refractivity contribution is 14.1. The maximum absolute atomic E-state index is 13.1. The van der Waals surface area contributed by atoms with E-state index in [2.05, 4.69) is 28.0 Å². The van der Waals surface area contributed by atoms with E-state index >= 15 is 0 Å². The van der Waals surface area contributed by atoms with Gasteiger partial charge in [0.2, 0.25) is 0 Å². The van der Waals surface area contributed by atoms with Crippen molar-refractivity contribution < 1.29 is 4.39 Å². The molecule has 1 aromatic rings. The van der Waals surface area contributed by atoms with Gasteiger partial charge in [-0.15, -0.1) is 0 Å². The van der Waals surface area contributed by atoms with E-state index in [-0.39, 0.29) is 11.9 Å². The van der Waals surface area contributed by atoms with Gasteiger partial charge < -0.3 is 0 Å². The molecule has 0 heterocycles. The van der Waals surface area contributed by atoms with Crippen LogP contribution in [0.4, 0.5) is 4.39 Å². The third kappa shape index (κ3) is 3.39.